The van der Waals surface area contributed by atoms with E-state index in [0.717, 1.165) is 133 Å². The fourth-order valence-corrected chi connectivity index (χ4v) is 13.6. The number of nitrogens with zero attached hydrogens (tertiary/aromatic N) is 12. The van der Waals surface area contributed by atoms with Crippen molar-refractivity contribution in [1.82, 2.24) is 39.0 Å². The fourth-order valence-electron chi connectivity index (χ4n) is 13.6. The molecule has 12 heteroatoms. The maximum absolute atomic E-state index is 9.76. The van der Waals surface area contributed by atoms with Crippen LogP contribution in [0.1, 0.15) is 5.56 Å². The second kappa shape index (κ2) is 25.0. The Morgan fingerprint density at radius 3 is 1.21 bits per heavy atom. The van der Waals surface area contributed by atoms with Gasteiger partial charge in [0.25, 0.3) is 0 Å². The largest absolute Gasteiger partial charge is 0.309 e. The van der Waals surface area contributed by atoms with E-state index in [0.29, 0.717) is 57.6 Å². The summed E-state index contributed by atoms with van der Waals surface area (Å²) in [5.41, 5.74) is 19.1. The van der Waals surface area contributed by atoms with E-state index in [4.69, 9.17) is 49.6 Å². The van der Waals surface area contributed by atoms with Crippen LogP contribution in [0.3, 0.4) is 0 Å². The molecule has 0 radical (unpaired) electrons. The van der Waals surface area contributed by atoms with Gasteiger partial charge in [0.15, 0.2) is 52.0 Å². The Bertz CT molecular complexity index is 6210. The van der Waals surface area contributed by atoms with Gasteiger partial charge in [0.1, 0.15) is 0 Å². The first-order valence-corrected chi connectivity index (χ1v) is 32.4. The van der Waals surface area contributed by atoms with Crippen molar-refractivity contribution in [2.75, 3.05) is 0 Å². The first kappa shape index (κ1) is 59.2. The molecule has 0 unspecified atom stereocenters. The molecular formula is C88H50N12. The smallest absolute Gasteiger partial charge is 0.196 e. The minimum atomic E-state index is 0.411. The molecular weight excluding hydrogens is 1230 g/mol. The average molecular weight is 1280 g/mol. The van der Waals surface area contributed by atoms with Crippen molar-refractivity contribution in [2.24, 2.45) is 0 Å². The maximum Gasteiger partial charge on any atom is 0.196 e. The summed E-state index contributed by atoms with van der Waals surface area (Å²) in [6, 6.07) is 104. The summed E-state index contributed by atoms with van der Waals surface area (Å²) < 4.78 is 4.57. The van der Waals surface area contributed by atoms with Gasteiger partial charge < -0.3 is 9.13 Å². The summed E-state index contributed by atoms with van der Waals surface area (Å²) in [4.78, 5) is 42.9. The van der Waals surface area contributed by atoms with E-state index in [1.807, 2.05) is 140 Å². The molecule has 17 rings (SSSR count). The quantitative estimate of drug-likeness (QED) is 0.112. The van der Waals surface area contributed by atoms with E-state index in [1.54, 1.807) is 24.3 Å². The van der Waals surface area contributed by atoms with Crippen molar-refractivity contribution >= 4 is 60.7 Å². The highest BCUT2D eigenvalue weighted by atomic mass is 15.1. The van der Waals surface area contributed by atoms with Crippen molar-refractivity contribution in [3.8, 4) is 130 Å². The second-order valence-corrected chi connectivity index (χ2v) is 24.2. The molecule has 17 aromatic rings. The lowest BCUT2D eigenvalue weighted by Crippen LogP contribution is -2.04. The molecule has 4 heterocycles. The monoisotopic (exact) mass is 1270 g/mol. The van der Waals surface area contributed by atoms with Crippen LogP contribution in [0.2, 0.25) is 0 Å². The zero-order valence-corrected chi connectivity index (χ0v) is 53.2. The summed E-state index contributed by atoms with van der Waals surface area (Å²) >= 11 is 0. The lowest BCUT2D eigenvalue weighted by atomic mass is 9.95. The third kappa shape index (κ3) is 10.7. The van der Waals surface area contributed by atoms with Crippen molar-refractivity contribution in [3.63, 3.8) is 0 Å². The van der Waals surface area contributed by atoms with Crippen LogP contribution in [0.25, 0.3) is 182 Å². The van der Waals surface area contributed by atoms with Crippen LogP contribution in [0.15, 0.2) is 303 Å². The van der Waals surface area contributed by atoms with Gasteiger partial charge in [-0.15, -0.1) is 0 Å². The molecule has 100 heavy (non-hydrogen) atoms. The molecule has 0 aliphatic rings. The Labute approximate surface area is 575 Å². The molecule has 0 spiro atoms. The van der Waals surface area contributed by atoms with E-state index >= 15 is 0 Å². The van der Waals surface area contributed by atoms with E-state index in [1.165, 1.54) is 0 Å². The SMILES string of the molecule is [C-]#[N+]c1ccc(-c2ccc3c(c2)c2ccccc2n3-c2ccc(-c3cccc(-c4cc(-c5nc(-c6ccccc6)nc(-c6ccccc6)n5)cc(-n5c6ccccc6c6cc(-c7ccc(C#N)cc7[N+]#[C-])ccc65)c4)c3)cc2-c2nc(-c3ccccc3)nc(-c3ccccc3)n2)c([N+]#[C-])c1. The predicted octanol–water partition coefficient (Wildman–Crippen LogP) is 22.4. The Morgan fingerprint density at radius 1 is 0.270 bits per heavy atom. The topological polar surface area (TPSA) is 124 Å². The first-order valence-electron chi connectivity index (χ1n) is 32.4. The molecule has 0 atom stereocenters. The van der Waals surface area contributed by atoms with Crippen LogP contribution in [0.4, 0.5) is 17.1 Å². The Kier molecular flexibility index (Phi) is 14.8. The number of para-hydroxylation sites is 2. The van der Waals surface area contributed by atoms with Crippen LogP contribution in [-0.4, -0.2) is 39.0 Å². The van der Waals surface area contributed by atoms with Gasteiger partial charge in [-0.25, -0.2) is 44.4 Å². The zero-order chi connectivity index (χ0) is 67.2. The van der Waals surface area contributed by atoms with Crippen LogP contribution in [0, 0.1) is 31.0 Å². The molecule has 12 nitrogen and oxygen atoms in total. The lowest BCUT2D eigenvalue weighted by Gasteiger charge is -2.17. The third-order valence-corrected chi connectivity index (χ3v) is 18.3. The molecule has 0 aliphatic carbocycles. The molecule has 0 fully saturated rings. The van der Waals surface area contributed by atoms with Crippen LogP contribution in [0.5, 0.6) is 0 Å². The van der Waals surface area contributed by atoms with Gasteiger partial charge in [-0.2, -0.15) is 5.26 Å². The van der Waals surface area contributed by atoms with Gasteiger partial charge in [0, 0.05) is 66.2 Å². The highest BCUT2D eigenvalue weighted by Gasteiger charge is 2.24. The molecule has 0 aliphatic heterocycles. The molecule has 0 N–H and O–H groups in total. The predicted molar refractivity (Wildman–Crippen MR) is 400 cm³/mol. The van der Waals surface area contributed by atoms with Crippen molar-refractivity contribution in [2.45, 2.75) is 0 Å². The highest BCUT2D eigenvalue weighted by Crippen LogP contribution is 2.44. The minimum absolute atomic E-state index is 0.411. The van der Waals surface area contributed by atoms with Crippen molar-refractivity contribution in [3.05, 3.63) is 343 Å². The van der Waals surface area contributed by atoms with E-state index in [9.17, 15) is 5.26 Å². The van der Waals surface area contributed by atoms with Crippen molar-refractivity contribution < 1.29 is 0 Å². The molecule has 13 aromatic carbocycles. The van der Waals surface area contributed by atoms with Gasteiger partial charge in [-0.05, 0) is 129 Å². The Hall–Kier alpha value is -14.6. The minimum Gasteiger partial charge on any atom is -0.309 e. The lowest BCUT2D eigenvalue weighted by molar-refractivity contribution is 1.06. The zero-order valence-electron chi connectivity index (χ0n) is 53.2. The molecule has 0 saturated carbocycles. The first-order chi connectivity index (χ1) is 49.3. The van der Waals surface area contributed by atoms with Gasteiger partial charge in [0.05, 0.1) is 53.5 Å². The molecule has 462 valence electrons. The Morgan fingerprint density at radius 2 is 0.680 bits per heavy atom. The molecule has 0 saturated heterocycles. The van der Waals surface area contributed by atoms with Gasteiger partial charge in [0.2, 0.25) is 0 Å². The number of rotatable bonds is 12. The van der Waals surface area contributed by atoms with Crippen molar-refractivity contribution in [1.29, 1.82) is 5.26 Å². The van der Waals surface area contributed by atoms with Crippen LogP contribution >= 0.6 is 0 Å². The normalized spacial score (nSPS) is 11.2. The van der Waals surface area contributed by atoms with Gasteiger partial charge >= 0.3 is 0 Å². The average Bonchev–Trinajstić information content (AvgIpc) is 1.58. The number of hydrogen-bond acceptors (Lipinski definition) is 7. The van der Waals surface area contributed by atoms with Gasteiger partial charge in [-0.1, -0.05) is 218 Å². The van der Waals surface area contributed by atoms with Crippen LogP contribution < -0.4 is 0 Å². The fraction of sp³-hybridized carbons (Fsp3) is 0. The summed E-state index contributed by atoms with van der Waals surface area (Å²) in [6.07, 6.45) is 0. The highest BCUT2D eigenvalue weighted by molar-refractivity contribution is 6.12. The van der Waals surface area contributed by atoms with E-state index in [-0.39, 0.29) is 0 Å². The molecule has 4 aromatic heterocycles. The number of aromatic nitrogens is 8. The Balaban J connectivity index is 0.880. The maximum atomic E-state index is 9.76. The third-order valence-electron chi connectivity index (χ3n) is 18.3. The van der Waals surface area contributed by atoms with E-state index in [2.05, 4.69) is 169 Å². The summed E-state index contributed by atoms with van der Waals surface area (Å²) in [5, 5.41) is 13.8. The summed E-state index contributed by atoms with van der Waals surface area (Å²) in [5.74, 6) is 3.11. The van der Waals surface area contributed by atoms with Gasteiger partial charge in [-0.3, -0.25) is 0 Å². The standard InChI is InChI=1S/C88H50N12/c1-90-67-39-41-70(77(53-67)92-3)64-38-44-81-74(52-64)72-32-17-19-34-79(72)100(81)82-42-36-62(50-75(82)88-97-85(58-25-12-6-13-26-58)94-86(98-88)59-27-14-7-15-28-59)60-29-20-30-61(46-60)65-47-66(87-95-83(56-21-8-4-9-22-56)93-84(96-87)57-23-10-5-11-24-57)49-68(48-65)99-78-33-18-16-31-71(78)73-51-63(37-43-80(73)99)69-40-35-55(54-89)45-76(69)91-2/h4-53H. The van der Waals surface area contributed by atoms with Crippen LogP contribution in [-0.2, 0) is 0 Å². The number of benzene rings is 13. The molecule has 0 bridgehead atoms. The summed E-state index contributed by atoms with van der Waals surface area (Å²) in [7, 11) is 0. The summed E-state index contributed by atoms with van der Waals surface area (Å²) in [6.45, 7) is 23.9. The number of fused-ring (bicyclic) bond motifs is 6. The second-order valence-electron chi connectivity index (χ2n) is 24.2. The number of nitriles is 1. The number of hydrogen-bond donors (Lipinski definition) is 0. The molecule has 0 amide bonds. The van der Waals surface area contributed by atoms with E-state index < -0.39 is 0 Å².